The maximum atomic E-state index is 14.5. The van der Waals surface area contributed by atoms with E-state index in [1.807, 2.05) is 6.92 Å². The Labute approximate surface area is 126 Å². The van der Waals surface area contributed by atoms with Crippen LogP contribution in [0.2, 0.25) is 0 Å². The fourth-order valence-electron chi connectivity index (χ4n) is 3.23. The van der Waals surface area contributed by atoms with Crippen LogP contribution in [-0.2, 0) is 0 Å². The lowest BCUT2D eigenvalue weighted by atomic mass is 9.83. The summed E-state index contributed by atoms with van der Waals surface area (Å²) in [6.45, 7) is 6.01. The number of aliphatic hydroxyl groups is 1. The fraction of sp³-hybridized carbons (Fsp3) is 0.647. The van der Waals surface area contributed by atoms with E-state index in [0.29, 0.717) is 5.56 Å². The predicted molar refractivity (Wildman–Crippen MR) is 82.0 cm³/mol. The summed E-state index contributed by atoms with van der Waals surface area (Å²) in [5.74, 6) is -0.271. The molecule has 2 unspecified atom stereocenters. The molecule has 1 saturated heterocycles. The lowest BCUT2D eigenvalue weighted by Gasteiger charge is -2.46. The lowest BCUT2D eigenvalue weighted by Crippen LogP contribution is -2.52. The van der Waals surface area contributed by atoms with Crippen LogP contribution in [0.3, 0.4) is 0 Å². The minimum atomic E-state index is -0.865. The van der Waals surface area contributed by atoms with Gasteiger partial charge in [0.05, 0.1) is 13.2 Å². The first kappa shape index (κ1) is 16.2. The van der Waals surface area contributed by atoms with Gasteiger partial charge >= 0.3 is 0 Å². The number of hydrogen-bond acceptors (Lipinski definition) is 3. The highest BCUT2D eigenvalue weighted by molar-refractivity contribution is 5.33. The van der Waals surface area contributed by atoms with Crippen LogP contribution in [0.4, 0.5) is 4.39 Å². The number of hydrogen-bond donors (Lipinski definition) is 1. The quantitative estimate of drug-likeness (QED) is 0.902. The predicted octanol–water partition coefficient (Wildman–Crippen LogP) is 3.52. The summed E-state index contributed by atoms with van der Waals surface area (Å²) < 4.78 is 19.5. The Hall–Kier alpha value is -1.13. The average Bonchev–Trinajstić information content (AvgIpc) is 2.54. The maximum absolute atomic E-state index is 14.5. The van der Waals surface area contributed by atoms with Gasteiger partial charge in [0, 0.05) is 11.1 Å². The van der Waals surface area contributed by atoms with Crippen LogP contribution in [0, 0.1) is 5.82 Å². The Morgan fingerprint density at radius 2 is 2.00 bits per heavy atom. The summed E-state index contributed by atoms with van der Waals surface area (Å²) in [6.07, 6.45) is 3.42. The van der Waals surface area contributed by atoms with Gasteiger partial charge in [0.2, 0.25) is 0 Å². The van der Waals surface area contributed by atoms with Crippen LogP contribution in [0.25, 0.3) is 0 Å². The summed E-state index contributed by atoms with van der Waals surface area (Å²) >= 11 is 0. The number of rotatable bonds is 5. The molecule has 1 fully saturated rings. The molecular weight excluding hydrogens is 269 g/mol. The van der Waals surface area contributed by atoms with Crippen LogP contribution >= 0.6 is 0 Å². The first-order valence-corrected chi connectivity index (χ1v) is 7.80. The SMILES string of the molecule is CCC(C)(C(O)c1cccc(OC)c1F)N1CCCCC1. The Balaban J connectivity index is 2.33. The Morgan fingerprint density at radius 3 is 2.57 bits per heavy atom. The number of methoxy groups -OCH3 is 1. The molecule has 1 aromatic rings. The molecule has 0 bridgehead atoms. The van der Waals surface area contributed by atoms with E-state index >= 15 is 0 Å². The average molecular weight is 295 g/mol. The molecule has 1 aromatic carbocycles. The van der Waals surface area contributed by atoms with Gasteiger partial charge in [-0.15, -0.1) is 0 Å². The standard InChI is InChI=1S/C17H26FNO2/c1-4-17(2,19-11-6-5-7-12-19)16(20)13-9-8-10-14(21-3)15(13)18/h8-10,16,20H,4-7,11-12H2,1-3H3. The number of likely N-dealkylation sites (tertiary alicyclic amines) is 1. The second-order valence-corrected chi connectivity index (χ2v) is 6.02. The van der Waals surface area contributed by atoms with E-state index in [9.17, 15) is 9.50 Å². The highest BCUT2D eigenvalue weighted by Crippen LogP contribution is 2.38. The number of halogens is 1. The van der Waals surface area contributed by atoms with Crippen LogP contribution in [-0.4, -0.2) is 35.7 Å². The molecule has 0 radical (unpaired) electrons. The minimum absolute atomic E-state index is 0.184. The first-order valence-electron chi connectivity index (χ1n) is 7.80. The topological polar surface area (TPSA) is 32.7 Å². The van der Waals surface area contributed by atoms with Crippen molar-refractivity contribution in [1.82, 2.24) is 4.90 Å². The van der Waals surface area contributed by atoms with Gasteiger partial charge in [0.1, 0.15) is 0 Å². The van der Waals surface area contributed by atoms with Gasteiger partial charge < -0.3 is 9.84 Å². The molecule has 118 valence electrons. The van der Waals surface area contributed by atoms with E-state index in [4.69, 9.17) is 4.74 Å². The number of piperidine rings is 1. The lowest BCUT2D eigenvalue weighted by molar-refractivity contribution is -0.0368. The molecule has 0 aliphatic carbocycles. The summed E-state index contributed by atoms with van der Waals surface area (Å²) in [4.78, 5) is 2.31. The van der Waals surface area contributed by atoms with Crippen molar-refractivity contribution >= 4 is 0 Å². The van der Waals surface area contributed by atoms with Crippen molar-refractivity contribution in [3.8, 4) is 5.75 Å². The highest BCUT2D eigenvalue weighted by Gasteiger charge is 2.40. The molecule has 0 amide bonds. The van der Waals surface area contributed by atoms with Crippen LogP contribution in [0.5, 0.6) is 5.75 Å². The van der Waals surface area contributed by atoms with Gasteiger partial charge in [-0.3, -0.25) is 4.90 Å². The Bertz CT molecular complexity index is 474. The zero-order valence-electron chi connectivity index (χ0n) is 13.2. The fourth-order valence-corrected chi connectivity index (χ4v) is 3.23. The van der Waals surface area contributed by atoms with Crippen molar-refractivity contribution in [2.45, 2.75) is 51.2 Å². The normalized spacial score (nSPS) is 20.8. The molecule has 1 aliphatic heterocycles. The minimum Gasteiger partial charge on any atom is -0.494 e. The van der Waals surface area contributed by atoms with E-state index in [1.54, 1.807) is 18.2 Å². The van der Waals surface area contributed by atoms with Crippen molar-refractivity contribution in [3.05, 3.63) is 29.6 Å². The van der Waals surface area contributed by atoms with Crippen LogP contribution < -0.4 is 4.74 Å². The Kier molecular flexibility index (Phi) is 5.22. The summed E-state index contributed by atoms with van der Waals surface area (Å²) in [5, 5.41) is 10.9. The van der Waals surface area contributed by atoms with Crippen molar-refractivity contribution in [1.29, 1.82) is 0 Å². The molecule has 1 N–H and O–H groups in total. The zero-order chi connectivity index (χ0) is 15.5. The second kappa shape index (κ2) is 6.75. The number of aliphatic hydroxyl groups excluding tert-OH is 1. The van der Waals surface area contributed by atoms with Crippen molar-refractivity contribution in [2.24, 2.45) is 0 Å². The van der Waals surface area contributed by atoms with E-state index in [2.05, 4.69) is 11.8 Å². The van der Waals surface area contributed by atoms with Crippen molar-refractivity contribution < 1.29 is 14.2 Å². The van der Waals surface area contributed by atoms with Crippen LogP contribution in [0.1, 0.15) is 51.2 Å². The van der Waals surface area contributed by atoms with Gasteiger partial charge in [0.15, 0.2) is 11.6 Å². The summed E-state index contributed by atoms with van der Waals surface area (Å²) in [6, 6.07) is 4.96. The third-order valence-electron chi connectivity index (χ3n) is 4.89. The molecule has 1 aliphatic rings. The van der Waals surface area contributed by atoms with Gasteiger partial charge in [-0.1, -0.05) is 25.5 Å². The number of benzene rings is 1. The first-order chi connectivity index (χ1) is 10.0. The third-order valence-corrected chi connectivity index (χ3v) is 4.89. The smallest absolute Gasteiger partial charge is 0.170 e. The molecule has 0 aromatic heterocycles. The molecular formula is C17H26FNO2. The largest absolute Gasteiger partial charge is 0.494 e. The number of ether oxygens (including phenoxy) is 1. The maximum Gasteiger partial charge on any atom is 0.170 e. The molecule has 0 spiro atoms. The van der Waals surface area contributed by atoms with Crippen molar-refractivity contribution in [2.75, 3.05) is 20.2 Å². The monoisotopic (exact) mass is 295 g/mol. The number of nitrogens with zero attached hydrogens (tertiary/aromatic N) is 1. The van der Waals surface area contributed by atoms with Gasteiger partial charge in [-0.25, -0.2) is 4.39 Å². The van der Waals surface area contributed by atoms with Crippen molar-refractivity contribution in [3.63, 3.8) is 0 Å². The zero-order valence-corrected chi connectivity index (χ0v) is 13.2. The molecule has 2 rings (SSSR count). The van der Waals surface area contributed by atoms with E-state index in [-0.39, 0.29) is 5.75 Å². The molecule has 1 heterocycles. The van der Waals surface area contributed by atoms with E-state index < -0.39 is 17.5 Å². The van der Waals surface area contributed by atoms with Crippen LogP contribution in [0.15, 0.2) is 18.2 Å². The van der Waals surface area contributed by atoms with Gasteiger partial charge in [-0.2, -0.15) is 0 Å². The molecule has 2 atom stereocenters. The highest BCUT2D eigenvalue weighted by atomic mass is 19.1. The van der Waals surface area contributed by atoms with Gasteiger partial charge in [-0.05, 0) is 45.3 Å². The molecule has 4 heteroatoms. The van der Waals surface area contributed by atoms with E-state index in [0.717, 1.165) is 32.4 Å². The summed E-state index contributed by atoms with van der Waals surface area (Å²) in [7, 11) is 1.44. The molecule has 21 heavy (non-hydrogen) atoms. The molecule has 0 saturated carbocycles. The molecule has 3 nitrogen and oxygen atoms in total. The Morgan fingerprint density at radius 1 is 1.33 bits per heavy atom. The summed E-state index contributed by atoms with van der Waals surface area (Å²) in [5.41, 5.74) is -0.127. The third kappa shape index (κ3) is 3.06. The van der Waals surface area contributed by atoms with Gasteiger partial charge in [0.25, 0.3) is 0 Å². The second-order valence-electron chi connectivity index (χ2n) is 6.02. The van der Waals surface area contributed by atoms with E-state index in [1.165, 1.54) is 13.5 Å².